The molecule has 10 heteroatoms. The van der Waals surface area contributed by atoms with Crippen LogP contribution in [0.2, 0.25) is 0 Å². The van der Waals surface area contributed by atoms with Crippen LogP contribution in [0.3, 0.4) is 0 Å². The third kappa shape index (κ3) is 5.17. The molecule has 4 rings (SSSR count). The molecular formula is C22H31N7O3. The van der Waals surface area contributed by atoms with Crippen LogP contribution in [-0.4, -0.2) is 60.5 Å². The first kappa shape index (κ1) is 22.0. The maximum absolute atomic E-state index is 10.1. The second-order valence-corrected chi connectivity index (χ2v) is 8.08. The molecule has 1 aromatic heterocycles. The van der Waals surface area contributed by atoms with E-state index >= 15 is 0 Å². The normalized spacial score (nSPS) is 17.1. The predicted octanol–water partition coefficient (Wildman–Crippen LogP) is 3.86. The molecule has 2 fully saturated rings. The van der Waals surface area contributed by atoms with E-state index in [9.17, 15) is 5.11 Å². The lowest BCUT2D eigenvalue weighted by molar-refractivity contribution is 0.339. The smallest absolute Gasteiger partial charge is 0.275 e. The van der Waals surface area contributed by atoms with Gasteiger partial charge in [0.25, 0.3) is 5.95 Å². The zero-order chi connectivity index (χ0) is 22.3. The molecule has 0 amide bonds. The van der Waals surface area contributed by atoms with Crippen LogP contribution < -0.4 is 19.3 Å². The van der Waals surface area contributed by atoms with E-state index in [1.165, 1.54) is 27.1 Å². The van der Waals surface area contributed by atoms with Crippen LogP contribution in [0.1, 0.15) is 44.1 Å². The molecule has 0 spiro atoms. The Morgan fingerprint density at radius 3 is 1.78 bits per heavy atom. The summed E-state index contributed by atoms with van der Waals surface area (Å²) < 4.78 is 10.4. The molecule has 32 heavy (non-hydrogen) atoms. The Hall–Kier alpha value is -3.17. The van der Waals surface area contributed by atoms with Crippen molar-refractivity contribution in [3.05, 3.63) is 17.7 Å². The van der Waals surface area contributed by atoms with Crippen molar-refractivity contribution in [1.82, 2.24) is 15.0 Å². The summed E-state index contributed by atoms with van der Waals surface area (Å²) in [6.45, 7) is 4.08. The van der Waals surface area contributed by atoms with Gasteiger partial charge in [-0.3, -0.25) is 0 Å². The van der Waals surface area contributed by atoms with Crippen molar-refractivity contribution in [1.29, 1.82) is 0 Å². The molecule has 0 aliphatic carbocycles. The minimum Gasteiger partial charge on any atom is -0.502 e. The summed E-state index contributed by atoms with van der Waals surface area (Å²) in [6.07, 6.45) is 7.07. The number of aromatic hydroxyl groups is 1. The molecule has 2 aromatic rings. The number of anilines is 2. The van der Waals surface area contributed by atoms with Crippen molar-refractivity contribution in [2.75, 3.05) is 50.2 Å². The van der Waals surface area contributed by atoms with E-state index in [4.69, 9.17) is 14.5 Å². The largest absolute Gasteiger partial charge is 0.502 e. The average Bonchev–Trinajstić information content (AvgIpc) is 2.85. The number of ether oxygens (including phenoxy) is 2. The third-order valence-electron chi connectivity index (χ3n) is 5.83. The van der Waals surface area contributed by atoms with E-state index in [0.717, 1.165) is 57.4 Å². The number of hydrogen-bond donors (Lipinski definition) is 1. The molecule has 3 heterocycles. The number of nitrogens with zero attached hydrogens (tertiary/aromatic N) is 7. The molecule has 10 nitrogen and oxygen atoms in total. The highest BCUT2D eigenvalue weighted by atomic mass is 16.5. The molecule has 2 saturated heterocycles. The third-order valence-corrected chi connectivity index (χ3v) is 5.83. The van der Waals surface area contributed by atoms with Gasteiger partial charge in [0, 0.05) is 26.2 Å². The Bertz CT molecular complexity index is 880. The first-order chi connectivity index (χ1) is 15.7. The Labute approximate surface area is 188 Å². The van der Waals surface area contributed by atoms with E-state index in [1.807, 2.05) is 0 Å². The highest BCUT2D eigenvalue weighted by Crippen LogP contribution is 2.37. The van der Waals surface area contributed by atoms with E-state index in [0.29, 0.717) is 29.3 Å². The van der Waals surface area contributed by atoms with Gasteiger partial charge < -0.3 is 24.4 Å². The molecule has 1 aromatic carbocycles. The molecule has 0 unspecified atom stereocenters. The SMILES string of the molecule is COc1cc(CN=Nc2nc(N3CCCCC3)nc(N3CCCCC3)n2)cc(OC)c1O. The standard InChI is InChI=1S/C22H31N7O3/c1-31-17-13-16(14-18(32-2)19(17)30)15-23-27-20-24-21(28-9-5-3-6-10-28)26-22(25-20)29-11-7-4-8-12-29/h13-14,30H,3-12,15H2,1-2H3. The molecular weight excluding hydrogens is 410 g/mol. The summed E-state index contributed by atoms with van der Waals surface area (Å²) >= 11 is 0. The van der Waals surface area contributed by atoms with Crippen LogP contribution in [0, 0.1) is 0 Å². The van der Waals surface area contributed by atoms with Gasteiger partial charge in [-0.05, 0) is 56.2 Å². The van der Waals surface area contributed by atoms with Gasteiger partial charge in [-0.2, -0.15) is 20.1 Å². The zero-order valence-corrected chi connectivity index (χ0v) is 18.8. The molecule has 2 aliphatic rings. The number of benzene rings is 1. The van der Waals surface area contributed by atoms with E-state index in [2.05, 4.69) is 30.0 Å². The topological polar surface area (TPSA) is 109 Å². The van der Waals surface area contributed by atoms with Crippen LogP contribution in [-0.2, 0) is 6.54 Å². The summed E-state index contributed by atoms with van der Waals surface area (Å²) in [5.74, 6) is 2.30. The molecule has 0 saturated carbocycles. The van der Waals surface area contributed by atoms with E-state index in [-0.39, 0.29) is 12.3 Å². The number of piperidine rings is 2. The highest BCUT2D eigenvalue weighted by molar-refractivity contribution is 5.52. The fourth-order valence-corrected chi connectivity index (χ4v) is 4.08. The average molecular weight is 442 g/mol. The number of methoxy groups -OCH3 is 2. The maximum Gasteiger partial charge on any atom is 0.275 e. The lowest BCUT2D eigenvalue weighted by Crippen LogP contribution is -2.34. The van der Waals surface area contributed by atoms with Gasteiger partial charge in [-0.25, -0.2) is 0 Å². The van der Waals surface area contributed by atoms with Crippen molar-refractivity contribution in [3.63, 3.8) is 0 Å². The summed E-state index contributed by atoms with van der Waals surface area (Å²) in [4.78, 5) is 18.4. The monoisotopic (exact) mass is 441 g/mol. The second kappa shape index (κ2) is 10.4. The van der Waals surface area contributed by atoms with Crippen LogP contribution in [0.5, 0.6) is 17.2 Å². The van der Waals surface area contributed by atoms with Crippen molar-refractivity contribution < 1.29 is 14.6 Å². The Kier molecular flexibility index (Phi) is 7.18. The number of hydrogen-bond acceptors (Lipinski definition) is 10. The Morgan fingerprint density at radius 2 is 1.31 bits per heavy atom. The van der Waals surface area contributed by atoms with Gasteiger partial charge in [0.1, 0.15) is 0 Å². The minimum atomic E-state index is -0.0366. The molecule has 0 radical (unpaired) electrons. The van der Waals surface area contributed by atoms with Crippen LogP contribution in [0.15, 0.2) is 22.4 Å². The molecule has 172 valence electrons. The summed E-state index contributed by atoms with van der Waals surface area (Å²) in [7, 11) is 2.99. The second-order valence-electron chi connectivity index (χ2n) is 8.08. The van der Waals surface area contributed by atoms with Crippen molar-refractivity contribution in [2.45, 2.75) is 45.1 Å². The summed E-state index contributed by atoms with van der Waals surface area (Å²) in [5, 5.41) is 18.7. The first-order valence-electron chi connectivity index (χ1n) is 11.3. The van der Waals surface area contributed by atoms with Gasteiger partial charge in [0.15, 0.2) is 11.5 Å². The van der Waals surface area contributed by atoms with Gasteiger partial charge in [0.2, 0.25) is 17.6 Å². The lowest BCUT2D eigenvalue weighted by atomic mass is 10.1. The predicted molar refractivity (Wildman–Crippen MR) is 121 cm³/mol. The van der Waals surface area contributed by atoms with Crippen molar-refractivity contribution in [2.24, 2.45) is 10.2 Å². The molecule has 0 bridgehead atoms. The van der Waals surface area contributed by atoms with Crippen molar-refractivity contribution in [3.8, 4) is 17.2 Å². The first-order valence-corrected chi connectivity index (χ1v) is 11.3. The zero-order valence-electron chi connectivity index (χ0n) is 18.8. The van der Waals surface area contributed by atoms with Crippen molar-refractivity contribution >= 4 is 17.8 Å². The summed E-state index contributed by atoms with van der Waals surface area (Å²) in [5.41, 5.74) is 0.793. The quantitative estimate of drug-likeness (QED) is 0.645. The molecule has 2 aliphatic heterocycles. The number of azo groups is 1. The highest BCUT2D eigenvalue weighted by Gasteiger charge is 2.20. The maximum atomic E-state index is 10.1. The Balaban J connectivity index is 1.57. The number of phenols is 1. The van der Waals surface area contributed by atoms with Gasteiger partial charge >= 0.3 is 0 Å². The number of aromatic nitrogens is 3. The fourth-order valence-electron chi connectivity index (χ4n) is 4.08. The van der Waals surface area contributed by atoms with E-state index in [1.54, 1.807) is 12.1 Å². The van der Waals surface area contributed by atoms with Crippen LogP contribution in [0.4, 0.5) is 17.8 Å². The summed E-state index contributed by atoms with van der Waals surface area (Å²) in [6, 6.07) is 3.42. The number of phenolic OH excluding ortho intramolecular Hbond substituents is 1. The minimum absolute atomic E-state index is 0.0366. The van der Waals surface area contributed by atoms with Gasteiger partial charge in [-0.15, -0.1) is 5.11 Å². The lowest BCUT2D eigenvalue weighted by Gasteiger charge is -2.29. The van der Waals surface area contributed by atoms with E-state index < -0.39 is 0 Å². The fraction of sp³-hybridized carbons (Fsp3) is 0.591. The van der Waals surface area contributed by atoms with Gasteiger partial charge in [-0.1, -0.05) is 0 Å². The van der Waals surface area contributed by atoms with Crippen LogP contribution >= 0.6 is 0 Å². The molecule has 1 N–H and O–H groups in total. The van der Waals surface area contributed by atoms with Crippen LogP contribution in [0.25, 0.3) is 0 Å². The van der Waals surface area contributed by atoms with Gasteiger partial charge in [0.05, 0.1) is 20.8 Å². The molecule has 0 atom stereocenters. The number of rotatable bonds is 7. The Morgan fingerprint density at radius 1 is 0.812 bits per heavy atom.